The molecule has 1 unspecified atom stereocenters. The molecule has 9 nitrogen and oxygen atoms in total. The highest BCUT2D eigenvalue weighted by Gasteiger charge is 2.23. The van der Waals surface area contributed by atoms with Crippen LogP contribution in [0.3, 0.4) is 0 Å². The van der Waals surface area contributed by atoms with Gasteiger partial charge in [0, 0.05) is 8.75 Å². The maximum atomic E-state index is 11.9. The van der Waals surface area contributed by atoms with Crippen molar-refractivity contribution in [2.75, 3.05) is 10.6 Å². The number of para-hydroxylation sites is 1. The van der Waals surface area contributed by atoms with Gasteiger partial charge in [-0.15, -0.1) is 0 Å². The third-order valence-corrected chi connectivity index (χ3v) is 5.16. The zero-order valence-corrected chi connectivity index (χ0v) is 17.1. The first kappa shape index (κ1) is 20.6. The van der Waals surface area contributed by atoms with Gasteiger partial charge in [0.05, 0.1) is 23.6 Å². The molecule has 0 fully saturated rings. The van der Waals surface area contributed by atoms with E-state index in [1.807, 2.05) is 13.0 Å². The maximum Gasteiger partial charge on any atom is 0.252 e. The predicted molar refractivity (Wildman–Crippen MR) is 110 cm³/mol. The van der Waals surface area contributed by atoms with Crippen LogP contribution in [0.4, 0.5) is 17.3 Å². The van der Waals surface area contributed by atoms with Crippen molar-refractivity contribution in [2.45, 2.75) is 39.2 Å². The lowest BCUT2D eigenvalue weighted by Gasteiger charge is -2.14. The molecule has 0 spiro atoms. The number of furan rings is 1. The van der Waals surface area contributed by atoms with Gasteiger partial charge in [0.2, 0.25) is 11.6 Å². The highest BCUT2D eigenvalue weighted by molar-refractivity contribution is 7.14. The lowest BCUT2D eigenvalue weighted by atomic mass is 10.1. The molecule has 0 aliphatic rings. The zero-order valence-electron chi connectivity index (χ0n) is 16.3. The van der Waals surface area contributed by atoms with E-state index in [2.05, 4.69) is 33.2 Å². The first-order valence-electron chi connectivity index (χ1n) is 9.13. The summed E-state index contributed by atoms with van der Waals surface area (Å²) in [5.74, 6) is 0.422. The fourth-order valence-electron chi connectivity index (χ4n) is 2.80. The van der Waals surface area contributed by atoms with Gasteiger partial charge in [0.25, 0.3) is 5.91 Å². The van der Waals surface area contributed by atoms with Crippen LogP contribution in [-0.2, 0) is 0 Å². The second-order valence-electron chi connectivity index (χ2n) is 6.84. The van der Waals surface area contributed by atoms with Gasteiger partial charge in [-0.05, 0) is 36.1 Å². The van der Waals surface area contributed by atoms with Crippen LogP contribution < -0.4 is 16.4 Å². The average Bonchev–Trinajstić information content (AvgIpc) is 3.28. The molecule has 5 N–H and O–H groups in total. The number of hydrogen-bond acceptors (Lipinski definition) is 8. The number of rotatable bonds is 8. The number of hydrogen-bond donors (Lipinski definition) is 4. The third-order valence-electron chi connectivity index (χ3n) is 4.49. The topological polar surface area (TPSA) is 149 Å². The van der Waals surface area contributed by atoms with E-state index in [9.17, 15) is 14.5 Å². The predicted octanol–water partition coefficient (Wildman–Crippen LogP) is 4.03. The fourth-order valence-corrected chi connectivity index (χ4v) is 3.43. The number of phenols is 1. The van der Waals surface area contributed by atoms with Crippen LogP contribution in [0.5, 0.6) is 5.75 Å². The van der Waals surface area contributed by atoms with Gasteiger partial charge < -0.3 is 30.4 Å². The summed E-state index contributed by atoms with van der Waals surface area (Å²) >= 11 is -1.81. The normalized spacial score (nSPS) is 12.8. The van der Waals surface area contributed by atoms with E-state index in [-0.39, 0.29) is 34.7 Å². The zero-order chi connectivity index (χ0) is 21.1. The van der Waals surface area contributed by atoms with Crippen LogP contribution in [0.1, 0.15) is 60.8 Å². The van der Waals surface area contributed by atoms with Crippen molar-refractivity contribution < 1.29 is 18.9 Å². The first-order chi connectivity index (χ1) is 13.8. The molecule has 0 saturated heterocycles. The Morgan fingerprint density at radius 3 is 2.69 bits per heavy atom. The summed E-state index contributed by atoms with van der Waals surface area (Å²) in [6, 6.07) is 6.27. The molecule has 2 aromatic heterocycles. The molecule has 29 heavy (non-hydrogen) atoms. The average molecular weight is 417 g/mol. The highest BCUT2D eigenvalue weighted by Crippen LogP contribution is 2.35. The Morgan fingerprint density at radius 2 is 2.07 bits per heavy atom. The molecule has 1 aromatic carbocycles. The molecule has 154 valence electrons. The van der Waals surface area contributed by atoms with Crippen molar-refractivity contribution in [3.05, 3.63) is 47.4 Å². The molecule has 0 aliphatic carbocycles. The number of nitrogens with two attached hydrogens (primary N) is 1. The van der Waals surface area contributed by atoms with E-state index >= 15 is 0 Å². The van der Waals surface area contributed by atoms with Gasteiger partial charge in [-0.25, -0.2) is 0 Å². The molecule has 0 aliphatic heterocycles. The lowest BCUT2D eigenvalue weighted by molar-refractivity contribution is 0.0998. The molecule has 2 heterocycles. The molecule has 0 saturated carbocycles. The Hall–Kier alpha value is -3.11. The molecule has 1 amide bonds. The monoisotopic (exact) mass is 417 g/mol. The van der Waals surface area contributed by atoms with Gasteiger partial charge in [-0.1, -0.05) is 26.8 Å². The van der Waals surface area contributed by atoms with Crippen molar-refractivity contribution in [1.29, 1.82) is 0 Å². The van der Waals surface area contributed by atoms with E-state index in [0.717, 1.165) is 11.3 Å². The third kappa shape index (κ3) is 4.49. The van der Waals surface area contributed by atoms with Gasteiger partial charge in [-0.3, -0.25) is 4.79 Å². The number of carbonyl (C=O) groups is 1. The Bertz CT molecular complexity index is 1010. The van der Waals surface area contributed by atoms with Crippen molar-refractivity contribution in [3.8, 4) is 5.75 Å². The molecule has 2 atom stereocenters. The summed E-state index contributed by atoms with van der Waals surface area (Å²) < 4.78 is 25.5. The lowest BCUT2D eigenvalue weighted by Crippen LogP contribution is -2.12. The van der Waals surface area contributed by atoms with Gasteiger partial charge in [0.15, 0.2) is 16.9 Å². The van der Waals surface area contributed by atoms with Gasteiger partial charge in [-0.2, -0.15) is 0 Å². The summed E-state index contributed by atoms with van der Waals surface area (Å²) in [6.45, 7) is 6.14. The number of aromatic nitrogens is 2. The number of benzene rings is 1. The standard InChI is InChI=1S/C19H23N5O4S/c1-4-13(15-8-11(9-28-15)10(2)3)21-18-19(24-29(27)23-18)22-14-7-5-6-12(16(14)25)17(20)26/h5-10,13,25H,4H2,1-3H3,(H2,20,26)(H,21,23)(H,22,24)/t13-,29?/m1/s1. The van der Waals surface area contributed by atoms with Crippen molar-refractivity contribution in [2.24, 2.45) is 5.73 Å². The van der Waals surface area contributed by atoms with E-state index in [1.54, 1.807) is 18.4 Å². The summed E-state index contributed by atoms with van der Waals surface area (Å²) in [7, 11) is 0. The van der Waals surface area contributed by atoms with E-state index in [4.69, 9.17) is 10.2 Å². The summed E-state index contributed by atoms with van der Waals surface area (Å²) in [5, 5.41) is 16.3. The van der Waals surface area contributed by atoms with Crippen LogP contribution in [0.2, 0.25) is 0 Å². The van der Waals surface area contributed by atoms with Crippen LogP contribution in [0.25, 0.3) is 0 Å². The van der Waals surface area contributed by atoms with Gasteiger partial charge in [0.1, 0.15) is 5.76 Å². The van der Waals surface area contributed by atoms with Crippen LogP contribution in [0.15, 0.2) is 34.9 Å². The molecule has 3 rings (SSSR count). The van der Waals surface area contributed by atoms with E-state index < -0.39 is 17.0 Å². The van der Waals surface area contributed by atoms with Crippen molar-refractivity contribution in [1.82, 2.24) is 8.75 Å². The minimum atomic E-state index is -1.81. The number of amides is 1. The molecule has 0 radical (unpaired) electrons. The molecule has 3 aromatic rings. The highest BCUT2D eigenvalue weighted by atomic mass is 32.2. The smallest absolute Gasteiger partial charge is 0.252 e. The SMILES string of the molecule is CC[C@@H](Nc1n[s+]([O-])nc1Nc1cccc(C(N)=O)c1O)c1cc(C(C)C)co1. The second kappa shape index (κ2) is 8.50. The number of nitrogens with one attached hydrogen (secondary N) is 2. The van der Waals surface area contributed by atoms with E-state index in [0.29, 0.717) is 12.3 Å². The first-order valence-corrected chi connectivity index (χ1v) is 10.2. The number of nitrogens with zero attached hydrogens (tertiary/aromatic N) is 2. The second-order valence-corrected chi connectivity index (χ2v) is 7.67. The Kier molecular flexibility index (Phi) is 6.04. The Balaban J connectivity index is 1.87. The largest absolute Gasteiger partial charge is 0.546 e. The quantitative estimate of drug-likeness (QED) is 0.317. The Labute approximate surface area is 171 Å². The molecule has 0 bridgehead atoms. The number of aromatic hydroxyl groups is 1. The van der Waals surface area contributed by atoms with Crippen LogP contribution >= 0.6 is 11.1 Å². The maximum absolute atomic E-state index is 11.9. The van der Waals surface area contributed by atoms with Crippen molar-refractivity contribution >= 4 is 34.4 Å². The van der Waals surface area contributed by atoms with E-state index in [1.165, 1.54) is 6.07 Å². The minimum Gasteiger partial charge on any atom is -0.546 e. The van der Waals surface area contributed by atoms with Crippen molar-refractivity contribution in [3.63, 3.8) is 0 Å². The summed E-state index contributed by atoms with van der Waals surface area (Å²) in [6.07, 6.45) is 2.41. The number of carbonyl (C=O) groups excluding carboxylic acids is 1. The van der Waals surface area contributed by atoms with Gasteiger partial charge >= 0.3 is 0 Å². The summed E-state index contributed by atoms with van der Waals surface area (Å²) in [5.41, 5.74) is 6.50. The Morgan fingerprint density at radius 1 is 1.34 bits per heavy atom. The summed E-state index contributed by atoms with van der Waals surface area (Å²) in [4.78, 5) is 11.4. The fraction of sp³-hybridized carbons (Fsp3) is 0.316. The van der Waals surface area contributed by atoms with Crippen LogP contribution in [-0.4, -0.2) is 24.3 Å². The molecular formula is C19H23N5O4S. The van der Waals surface area contributed by atoms with Crippen LogP contribution in [0, 0.1) is 0 Å². The number of primary amides is 1. The minimum absolute atomic E-state index is 0.0376. The molecular weight excluding hydrogens is 394 g/mol. The number of anilines is 3. The molecule has 10 heteroatoms.